The molecule has 0 fully saturated rings. The van der Waals surface area contributed by atoms with Gasteiger partial charge in [-0.1, -0.05) is 30.3 Å². The van der Waals surface area contributed by atoms with Crippen LogP contribution in [-0.2, 0) is 11.2 Å². The predicted octanol–water partition coefficient (Wildman–Crippen LogP) is 6.39. The Kier molecular flexibility index (Phi) is 7.80. The van der Waals surface area contributed by atoms with Crippen molar-refractivity contribution < 1.29 is 32.2 Å². The topological polar surface area (TPSA) is 76.7 Å². The van der Waals surface area contributed by atoms with E-state index in [4.69, 9.17) is 4.74 Å². The van der Waals surface area contributed by atoms with E-state index in [1.54, 1.807) is 37.5 Å². The number of ketones is 1. The summed E-state index contributed by atoms with van der Waals surface area (Å²) < 4.78 is 46.1. The molecule has 1 amide bonds. The van der Waals surface area contributed by atoms with Crippen LogP contribution in [0.25, 0.3) is 11.8 Å². The molecule has 1 aliphatic heterocycles. The first-order valence-corrected chi connectivity index (χ1v) is 12.1. The normalized spacial score (nSPS) is 15.4. The number of allylic oxidation sites excluding steroid dienone is 1. The molecule has 0 unspecified atom stereocenters. The van der Waals surface area contributed by atoms with Gasteiger partial charge in [0.1, 0.15) is 11.5 Å². The van der Waals surface area contributed by atoms with E-state index in [0.717, 1.165) is 29.7 Å². The number of halogens is 3. The molecule has 0 aromatic heterocycles. The molecule has 3 aromatic rings. The van der Waals surface area contributed by atoms with Crippen molar-refractivity contribution in [2.75, 3.05) is 12.4 Å². The minimum absolute atomic E-state index is 0.239. The molecular weight excluding hydrogens is 509 g/mol. The van der Waals surface area contributed by atoms with Gasteiger partial charge >= 0.3 is 6.36 Å². The van der Waals surface area contributed by atoms with Gasteiger partial charge in [0.15, 0.2) is 5.78 Å². The second-order valence-corrected chi connectivity index (χ2v) is 9.65. The molecule has 4 rings (SSSR count). The van der Waals surface area contributed by atoms with Crippen molar-refractivity contribution in [3.63, 3.8) is 0 Å². The van der Waals surface area contributed by atoms with Crippen LogP contribution >= 0.6 is 0 Å². The number of carbonyl (C=O) groups excluding carboxylic acids is 2. The molecule has 3 aromatic carbocycles. The molecule has 39 heavy (non-hydrogen) atoms. The Bertz CT molecular complexity index is 1440. The van der Waals surface area contributed by atoms with Crippen molar-refractivity contribution in [1.29, 1.82) is 0 Å². The summed E-state index contributed by atoms with van der Waals surface area (Å²) in [5.41, 5.74) is 3.76. The second kappa shape index (κ2) is 11.1. The average molecular weight is 537 g/mol. The standard InChI is InChI=1S/C30H27F3N2O4/c1-29(2)18-21-10-13-24(38-3)16-25(21)26(35-29)17-27(36)20-5-4-6-22(15-20)34-28(37)14-9-19-7-11-23(12-8-19)39-30(31,32)33/h4-17,35H,18H2,1-3H3,(H,34,37). The van der Waals surface area contributed by atoms with Gasteiger partial charge in [-0.05, 0) is 73.9 Å². The Morgan fingerprint density at radius 1 is 1.00 bits per heavy atom. The number of rotatable bonds is 7. The number of carbonyl (C=O) groups is 2. The van der Waals surface area contributed by atoms with Crippen LogP contribution < -0.4 is 20.1 Å². The largest absolute Gasteiger partial charge is 0.573 e. The average Bonchev–Trinajstić information content (AvgIpc) is 2.87. The van der Waals surface area contributed by atoms with Crippen molar-refractivity contribution in [2.24, 2.45) is 0 Å². The molecule has 0 radical (unpaired) electrons. The van der Waals surface area contributed by atoms with Crippen LogP contribution in [0.15, 0.2) is 78.9 Å². The third kappa shape index (κ3) is 7.50. The first-order chi connectivity index (χ1) is 18.4. The molecular formula is C30H27F3N2O4. The number of fused-ring (bicyclic) bond motifs is 1. The Balaban J connectivity index is 1.46. The zero-order chi connectivity index (χ0) is 28.2. The lowest BCUT2D eigenvalue weighted by Crippen LogP contribution is -2.43. The molecule has 0 saturated heterocycles. The molecule has 9 heteroatoms. The van der Waals surface area contributed by atoms with Crippen LogP contribution in [0, 0.1) is 0 Å². The van der Waals surface area contributed by atoms with Crippen molar-refractivity contribution >= 4 is 29.2 Å². The number of methoxy groups -OCH3 is 1. The lowest BCUT2D eigenvalue weighted by atomic mass is 9.85. The Hall–Kier alpha value is -4.53. The predicted molar refractivity (Wildman–Crippen MR) is 143 cm³/mol. The van der Waals surface area contributed by atoms with Gasteiger partial charge in [0, 0.05) is 40.2 Å². The lowest BCUT2D eigenvalue weighted by molar-refractivity contribution is -0.274. The molecule has 0 spiro atoms. The number of alkyl halides is 3. The van der Waals surface area contributed by atoms with Crippen molar-refractivity contribution in [3.05, 3.63) is 101 Å². The minimum Gasteiger partial charge on any atom is -0.497 e. The number of amides is 1. The van der Waals surface area contributed by atoms with Gasteiger partial charge in [0.25, 0.3) is 0 Å². The summed E-state index contributed by atoms with van der Waals surface area (Å²) in [4.78, 5) is 25.6. The molecule has 0 atom stereocenters. The summed E-state index contributed by atoms with van der Waals surface area (Å²) in [5.74, 6) is -0.366. The summed E-state index contributed by atoms with van der Waals surface area (Å²) in [5, 5.41) is 6.13. The van der Waals surface area contributed by atoms with Crippen LogP contribution in [-0.4, -0.2) is 30.7 Å². The van der Waals surface area contributed by atoms with Gasteiger partial charge in [0.2, 0.25) is 5.91 Å². The number of ether oxygens (including phenoxy) is 2. The monoisotopic (exact) mass is 536 g/mol. The molecule has 6 nitrogen and oxygen atoms in total. The Morgan fingerprint density at radius 3 is 2.41 bits per heavy atom. The molecule has 202 valence electrons. The summed E-state index contributed by atoms with van der Waals surface area (Å²) >= 11 is 0. The second-order valence-electron chi connectivity index (χ2n) is 9.65. The molecule has 1 heterocycles. The highest BCUT2D eigenvalue weighted by Crippen LogP contribution is 2.32. The summed E-state index contributed by atoms with van der Waals surface area (Å²) in [6, 6.07) is 17.5. The number of hydrogen-bond donors (Lipinski definition) is 2. The van der Waals surface area contributed by atoms with Crippen LogP contribution in [0.2, 0.25) is 0 Å². The van der Waals surface area contributed by atoms with E-state index in [0.29, 0.717) is 28.3 Å². The third-order valence-electron chi connectivity index (χ3n) is 5.94. The van der Waals surface area contributed by atoms with Crippen LogP contribution in [0.4, 0.5) is 18.9 Å². The fraction of sp³-hybridized carbons (Fsp3) is 0.200. The maximum absolute atomic E-state index is 13.2. The number of hydrogen-bond acceptors (Lipinski definition) is 5. The van der Waals surface area contributed by atoms with E-state index in [1.165, 1.54) is 24.3 Å². The fourth-order valence-corrected chi connectivity index (χ4v) is 4.25. The van der Waals surface area contributed by atoms with E-state index in [-0.39, 0.29) is 17.1 Å². The Morgan fingerprint density at radius 2 is 1.72 bits per heavy atom. The quantitative estimate of drug-likeness (QED) is 0.270. The van der Waals surface area contributed by atoms with E-state index in [1.807, 2.05) is 18.2 Å². The van der Waals surface area contributed by atoms with E-state index >= 15 is 0 Å². The third-order valence-corrected chi connectivity index (χ3v) is 5.94. The first-order valence-electron chi connectivity index (χ1n) is 12.1. The van der Waals surface area contributed by atoms with Gasteiger partial charge in [-0.15, -0.1) is 13.2 Å². The molecule has 0 bridgehead atoms. The fourth-order valence-electron chi connectivity index (χ4n) is 4.25. The number of anilines is 1. The minimum atomic E-state index is -4.77. The van der Waals surface area contributed by atoms with E-state index in [2.05, 4.69) is 29.2 Å². The smallest absolute Gasteiger partial charge is 0.497 e. The number of benzene rings is 3. The van der Waals surface area contributed by atoms with Crippen LogP contribution in [0.1, 0.15) is 40.9 Å². The van der Waals surface area contributed by atoms with Gasteiger partial charge in [0.05, 0.1) is 7.11 Å². The van der Waals surface area contributed by atoms with Crippen molar-refractivity contribution in [1.82, 2.24) is 5.32 Å². The molecule has 2 N–H and O–H groups in total. The van der Waals surface area contributed by atoms with E-state index in [9.17, 15) is 22.8 Å². The van der Waals surface area contributed by atoms with Gasteiger partial charge in [-0.3, -0.25) is 9.59 Å². The molecule has 0 saturated carbocycles. The molecule has 1 aliphatic rings. The van der Waals surface area contributed by atoms with Crippen LogP contribution in [0.3, 0.4) is 0 Å². The summed E-state index contributed by atoms with van der Waals surface area (Å²) in [6.45, 7) is 4.12. The van der Waals surface area contributed by atoms with E-state index < -0.39 is 12.3 Å². The first kappa shape index (κ1) is 27.5. The number of nitrogens with one attached hydrogen (secondary N) is 2. The zero-order valence-electron chi connectivity index (χ0n) is 21.6. The highest BCUT2D eigenvalue weighted by molar-refractivity contribution is 6.10. The van der Waals surface area contributed by atoms with Gasteiger partial charge < -0.3 is 20.1 Å². The SMILES string of the molecule is COc1ccc2c(c1)C(=CC(=O)c1cccc(NC(=O)C=Cc3ccc(OC(F)(F)F)cc3)c1)NC(C)(C)C2. The zero-order valence-corrected chi connectivity index (χ0v) is 21.6. The molecule has 0 aliphatic carbocycles. The lowest BCUT2D eigenvalue weighted by Gasteiger charge is -2.35. The summed E-state index contributed by atoms with van der Waals surface area (Å²) in [7, 11) is 1.59. The Labute approximate surface area is 224 Å². The van der Waals surface area contributed by atoms with Crippen molar-refractivity contribution in [3.8, 4) is 11.5 Å². The maximum atomic E-state index is 13.2. The summed E-state index contributed by atoms with van der Waals surface area (Å²) in [6.07, 6.45) is 0.262. The van der Waals surface area contributed by atoms with Crippen LogP contribution in [0.5, 0.6) is 11.5 Å². The highest BCUT2D eigenvalue weighted by Gasteiger charge is 2.31. The maximum Gasteiger partial charge on any atom is 0.573 e. The highest BCUT2D eigenvalue weighted by atomic mass is 19.4. The van der Waals surface area contributed by atoms with Gasteiger partial charge in [-0.2, -0.15) is 0 Å². The van der Waals surface area contributed by atoms with Gasteiger partial charge in [-0.25, -0.2) is 0 Å². The van der Waals surface area contributed by atoms with Crippen molar-refractivity contribution in [2.45, 2.75) is 32.2 Å².